The fraction of sp³-hybridized carbons (Fsp3) is 0.462. The van der Waals surface area contributed by atoms with Crippen LogP contribution in [0.5, 0.6) is 0 Å². The summed E-state index contributed by atoms with van der Waals surface area (Å²) in [5.74, 6) is -4.09. The number of alkyl halides is 2. The first-order chi connectivity index (χ1) is 10.1. The van der Waals surface area contributed by atoms with Gasteiger partial charge in [0.25, 0.3) is 5.91 Å². The Morgan fingerprint density at radius 2 is 2.00 bits per heavy atom. The Balaban J connectivity index is 3.01. The fourth-order valence-corrected chi connectivity index (χ4v) is 3.38. The van der Waals surface area contributed by atoms with E-state index in [0.717, 1.165) is 12.1 Å². The quantitative estimate of drug-likeness (QED) is 0.777. The molecular formula is C13H17F2NO4S2. The molecule has 2 N–H and O–H groups in total. The van der Waals surface area contributed by atoms with Crippen molar-refractivity contribution in [3.8, 4) is 0 Å². The van der Waals surface area contributed by atoms with Crippen LogP contribution in [0.3, 0.4) is 0 Å². The van der Waals surface area contributed by atoms with E-state index in [1.54, 1.807) is 6.26 Å². The molecule has 0 spiro atoms. The summed E-state index contributed by atoms with van der Waals surface area (Å²) in [6.07, 6.45) is 1.78. The molecule has 0 fully saturated rings. The van der Waals surface area contributed by atoms with Crippen LogP contribution < -0.4 is 5.32 Å². The van der Waals surface area contributed by atoms with Gasteiger partial charge in [-0.15, -0.1) is 0 Å². The van der Waals surface area contributed by atoms with Crippen LogP contribution in [0.25, 0.3) is 0 Å². The number of halogens is 2. The molecule has 0 bridgehead atoms. The van der Waals surface area contributed by atoms with Gasteiger partial charge in [0.2, 0.25) is 9.84 Å². The number of carbonyl (C=O) groups excluding carboxylic acids is 1. The number of thioether (sulfide) groups is 1. The second-order valence-electron chi connectivity index (χ2n) is 4.91. The molecule has 0 heterocycles. The molecule has 0 aromatic heterocycles. The van der Waals surface area contributed by atoms with E-state index in [2.05, 4.69) is 5.32 Å². The molecule has 22 heavy (non-hydrogen) atoms. The van der Waals surface area contributed by atoms with Gasteiger partial charge in [0.15, 0.2) is 0 Å². The smallest absolute Gasteiger partial charge is 0.341 e. The Kier molecular flexibility index (Phi) is 6.33. The van der Waals surface area contributed by atoms with Crippen LogP contribution in [0.1, 0.15) is 17.3 Å². The molecule has 0 aliphatic carbocycles. The Morgan fingerprint density at radius 1 is 1.41 bits per heavy atom. The monoisotopic (exact) mass is 353 g/mol. The summed E-state index contributed by atoms with van der Waals surface area (Å²) < 4.78 is 48.5. The van der Waals surface area contributed by atoms with Crippen molar-refractivity contribution < 1.29 is 27.1 Å². The molecule has 0 saturated heterocycles. The first-order valence-electron chi connectivity index (χ1n) is 6.22. The van der Waals surface area contributed by atoms with Gasteiger partial charge in [0, 0.05) is 12.3 Å². The van der Waals surface area contributed by atoms with E-state index in [-0.39, 0.29) is 12.1 Å². The van der Waals surface area contributed by atoms with Crippen molar-refractivity contribution in [2.75, 3.05) is 18.6 Å². The van der Waals surface area contributed by atoms with Gasteiger partial charge in [0.1, 0.15) is 0 Å². The summed E-state index contributed by atoms with van der Waals surface area (Å²) in [7, 11) is -4.88. The minimum absolute atomic E-state index is 0.129. The van der Waals surface area contributed by atoms with Crippen molar-refractivity contribution in [3.05, 3.63) is 29.8 Å². The van der Waals surface area contributed by atoms with E-state index in [4.69, 9.17) is 0 Å². The number of amides is 1. The Bertz CT molecular complexity index is 633. The number of nitrogens with one attached hydrogen (secondary N) is 1. The van der Waals surface area contributed by atoms with Crippen molar-refractivity contribution in [2.45, 2.75) is 23.2 Å². The van der Waals surface area contributed by atoms with Crippen molar-refractivity contribution in [1.82, 2.24) is 5.32 Å². The van der Waals surface area contributed by atoms with Crippen LogP contribution in [0.2, 0.25) is 0 Å². The molecule has 124 valence electrons. The maximum atomic E-state index is 12.7. The first kappa shape index (κ1) is 18.9. The first-order valence-corrected chi connectivity index (χ1v) is 9.16. The van der Waals surface area contributed by atoms with Crippen molar-refractivity contribution in [2.24, 2.45) is 0 Å². The highest BCUT2D eigenvalue weighted by atomic mass is 32.2. The van der Waals surface area contributed by atoms with Crippen molar-refractivity contribution >= 4 is 27.5 Å². The van der Waals surface area contributed by atoms with Crippen LogP contribution in [0.15, 0.2) is 29.2 Å². The highest BCUT2D eigenvalue weighted by Gasteiger charge is 2.31. The zero-order valence-corrected chi connectivity index (χ0v) is 13.7. The highest BCUT2D eigenvalue weighted by molar-refractivity contribution is 7.98. The minimum Gasteiger partial charge on any atom is -0.387 e. The van der Waals surface area contributed by atoms with E-state index in [0.29, 0.717) is 5.75 Å². The largest absolute Gasteiger partial charge is 0.387 e. The van der Waals surface area contributed by atoms with Crippen molar-refractivity contribution in [1.29, 1.82) is 0 Å². The average molecular weight is 353 g/mol. The Morgan fingerprint density at radius 3 is 2.55 bits per heavy atom. The number of aliphatic hydroxyl groups is 1. The average Bonchev–Trinajstić information content (AvgIpc) is 2.44. The standard InChI is InChI=1S/C13H17F2NO4S2/c1-13(18,8-21-2)7-16-11(17)9-5-3-4-6-10(9)22(19,20)12(14)15/h3-6,12,18H,7-8H2,1-2H3,(H,16,17)/t13-/m1/s1. The lowest BCUT2D eigenvalue weighted by molar-refractivity contribution is 0.0723. The predicted molar refractivity (Wildman–Crippen MR) is 81.0 cm³/mol. The van der Waals surface area contributed by atoms with E-state index in [1.807, 2.05) is 0 Å². The van der Waals surface area contributed by atoms with Crippen LogP contribution in [0, 0.1) is 0 Å². The Hall–Kier alpha value is -1.19. The van der Waals surface area contributed by atoms with Gasteiger partial charge in [-0.1, -0.05) is 12.1 Å². The van der Waals surface area contributed by atoms with Crippen molar-refractivity contribution in [3.63, 3.8) is 0 Å². The predicted octanol–water partition coefficient (Wildman–Crippen LogP) is 1.53. The molecule has 0 unspecified atom stereocenters. The number of hydrogen-bond donors (Lipinski definition) is 2. The molecule has 1 aromatic rings. The summed E-state index contributed by atoms with van der Waals surface area (Å²) in [5.41, 5.74) is -1.56. The van der Waals surface area contributed by atoms with E-state index < -0.39 is 32.0 Å². The molecule has 0 saturated carbocycles. The van der Waals surface area contributed by atoms with Crippen LogP contribution in [0.4, 0.5) is 8.78 Å². The van der Waals surface area contributed by atoms with Gasteiger partial charge in [0.05, 0.1) is 16.1 Å². The van der Waals surface area contributed by atoms with Gasteiger partial charge in [-0.25, -0.2) is 8.42 Å². The number of rotatable bonds is 7. The maximum Gasteiger partial charge on any atom is 0.341 e. The lowest BCUT2D eigenvalue weighted by Crippen LogP contribution is -2.42. The zero-order chi connectivity index (χ0) is 17.0. The third kappa shape index (κ3) is 4.65. The van der Waals surface area contributed by atoms with E-state index >= 15 is 0 Å². The van der Waals surface area contributed by atoms with Gasteiger partial charge in [-0.05, 0) is 25.3 Å². The van der Waals surface area contributed by atoms with Gasteiger partial charge >= 0.3 is 5.76 Å². The lowest BCUT2D eigenvalue weighted by Gasteiger charge is -2.22. The molecule has 1 rings (SSSR count). The lowest BCUT2D eigenvalue weighted by atomic mass is 10.1. The molecule has 9 heteroatoms. The maximum absolute atomic E-state index is 12.7. The Labute approximate surface area is 132 Å². The summed E-state index contributed by atoms with van der Waals surface area (Å²) in [6.45, 7) is 1.38. The second-order valence-corrected chi connectivity index (χ2v) is 7.67. The molecular weight excluding hydrogens is 336 g/mol. The highest BCUT2D eigenvalue weighted by Crippen LogP contribution is 2.22. The molecule has 1 aromatic carbocycles. The van der Waals surface area contributed by atoms with Crippen LogP contribution in [-0.4, -0.2) is 49.3 Å². The van der Waals surface area contributed by atoms with Gasteiger partial charge in [-0.3, -0.25) is 4.79 Å². The second kappa shape index (κ2) is 7.38. The van der Waals surface area contributed by atoms with E-state index in [1.165, 1.54) is 30.8 Å². The van der Waals surface area contributed by atoms with Gasteiger partial charge in [-0.2, -0.15) is 20.5 Å². The SMILES string of the molecule is CSC[C@](C)(O)CNC(=O)c1ccccc1S(=O)(=O)C(F)F. The van der Waals surface area contributed by atoms with Crippen LogP contribution >= 0.6 is 11.8 Å². The summed E-state index contributed by atoms with van der Waals surface area (Å²) in [6, 6.07) is 4.74. The number of sulfone groups is 1. The van der Waals surface area contributed by atoms with E-state index in [9.17, 15) is 27.1 Å². The summed E-state index contributed by atoms with van der Waals surface area (Å²) >= 11 is 1.37. The third-order valence-corrected chi connectivity index (χ3v) is 5.11. The molecule has 1 amide bonds. The summed E-state index contributed by atoms with van der Waals surface area (Å²) in [5, 5.41) is 12.3. The number of hydrogen-bond acceptors (Lipinski definition) is 5. The van der Waals surface area contributed by atoms with Crippen LogP contribution in [-0.2, 0) is 9.84 Å². The summed E-state index contributed by atoms with van der Waals surface area (Å²) in [4.78, 5) is 11.3. The third-order valence-electron chi connectivity index (χ3n) is 2.76. The fourth-order valence-electron chi connectivity index (χ4n) is 1.73. The topological polar surface area (TPSA) is 83.5 Å². The van der Waals surface area contributed by atoms with Gasteiger partial charge < -0.3 is 10.4 Å². The molecule has 5 nitrogen and oxygen atoms in total. The number of benzene rings is 1. The molecule has 1 atom stereocenters. The normalized spacial score (nSPS) is 14.6. The molecule has 0 aliphatic heterocycles. The zero-order valence-electron chi connectivity index (χ0n) is 12.0. The number of carbonyl (C=O) groups is 1. The minimum atomic E-state index is -4.88. The molecule has 0 radical (unpaired) electrons. The molecule has 0 aliphatic rings.